The fourth-order valence-electron chi connectivity index (χ4n) is 2.45. The van der Waals surface area contributed by atoms with E-state index in [2.05, 4.69) is 14.9 Å². The normalized spacial score (nSPS) is 16.1. The summed E-state index contributed by atoms with van der Waals surface area (Å²) in [7, 11) is 3.58. The predicted octanol–water partition coefficient (Wildman–Crippen LogP) is 1.60. The minimum atomic E-state index is 0.451. The molecule has 20 heavy (non-hydrogen) atoms. The first-order valence-corrected chi connectivity index (χ1v) is 6.92. The van der Waals surface area contributed by atoms with Crippen molar-refractivity contribution in [1.29, 1.82) is 0 Å². The average molecular weight is 297 g/mol. The Balaban J connectivity index is 2.12. The molecule has 1 saturated heterocycles. The second-order valence-electron chi connectivity index (χ2n) is 4.76. The number of hydrogen-bond acceptors (Lipinski definition) is 5. The number of hydrogen-bond donors (Lipinski definition) is 0. The minimum absolute atomic E-state index is 0.451. The van der Waals surface area contributed by atoms with Crippen LogP contribution in [-0.2, 0) is 23.1 Å². The van der Waals surface area contributed by atoms with Gasteiger partial charge in [0.1, 0.15) is 23.1 Å². The SMILES string of the molecule is COCc1nc2c(N3CCOCC3)cc(Cl)nc2n1C. The quantitative estimate of drug-likeness (QED) is 0.806. The molecule has 0 aliphatic carbocycles. The van der Waals surface area contributed by atoms with E-state index in [1.165, 1.54) is 0 Å². The third-order valence-corrected chi connectivity index (χ3v) is 3.69. The van der Waals surface area contributed by atoms with Gasteiger partial charge in [-0.1, -0.05) is 11.6 Å². The molecule has 6 nitrogen and oxygen atoms in total. The van der Waals surface area contributed by atoms with Crippen molar-refractivity contribution in [1.82, 2.24) is 14.5 Å². The first-order valence-electron chi connectivity index (χ1n) is 6.54. The van der Waals surface area contributed by atoms with Crippen LogP contribution in [0.4, 0.5) is 5.69 Å². The van der Waals surface area contributed by atoms with Crippen molar-refractivity contribution in [3.63, 3.8) is 0 Å². The topological polar surface area (TPSA) is 52.4 Å². The molecule has 0 unspecified atom stereocenters. The number of aryl methyl sites for hydroxylation is 1. The standard InChI is InChI=1S/C13H17ClN4O2/c1-17-11(8-19-2)16-12-9(7-10(14)15-13(12)17)18-3-5-20-6-4-18/h7H,3-6,8H2,1-2H3. The van der Waals surface area contributed by atoms with Crippen LogP contribution in [0, 0.1) is 0 Å². The molecule has 0 amide bonds. The molecule has 3 rings (SSSR count). The van der Waals surface area contributed by atoms with Crippen LogP contribution in [0.5, 0.6) is 0 Å². The van der Waals surface area contributed by atoms with E-state index in [0.717, 1.165) is 49.0 Å². The maximum absolute atomic E-state index is 6.16. The van der Waals surface area contributed by atoms with E-state index >= 15 is 0 Å². The summed E-state index contributed by atoms with van der Waals surface area (Å²) in [5.74, 6) is 0.840. The van der Waals surface area contributed by atoms with Gasteiger partial charge < -0.3 is 18.9 Å². The zero-order valence-corrected chi connectivity index (χ0v) is 12.4. The number of fused-ring (bicyclic) bond motifs is 1. The molecule has 2 aromatic rings. The van der Waals surface area contributed by atoms with Crippen LogP contribution in [0.25, 0.3) is 11.2 Å². The monoisotopic (exact) mass is 296 g/mol. The van der Waals surface area contributed by atoms with E-state index in [1.807, 2.05) is 17.7 Å². The van der Waals surface area contributed by atoms with Gasteiger partial charge >= 0.3 is 0 Å². The summed E-state index contributed by atoms with van der Waals surface area (Å²) in [5.41, 5.74) is 2.66. The molecule has 1 aliphatic heterocycles. The molecule has 3 heterocycles. The number of pyridine rings is 1. The van der Waals surface area contributed by atoms with Crippen LogP contribution < -0.4 is 4.90 Å². The second kappa shape index (κ2) is 5.55. The molecule has 0 bridgehead atoms. The van der Waals surface area contributed by atoms with Crippen molar-refractivity contribution in [2.24, 2.45) is 7.05 Å². The van der Waals surface area contributed by atoms with E-state index in [9.17, 15) is 0 Å². The van der Waals surface area contributed by atoms with Crippen LogP contribution in [0.15, 0.2) is 6.07 Å². The molecule has 2 aromatic heterocycles. The number of methoxy groups -OCH3 is 1. The highest BCUT2D eigenvalue weighted by Gasteiger charge is 2.19. The first kappa shape index (κ1) is 13.6. The van der Waals surface area contributed by atoms with E-state index in [-0.39, 0.29) is 0 Å². The fourth-order valence-corrected chi connectivity index (χ4v) is 2.64. The largest absolute Gasteiger partial charge is 0.378 e. The third kappa shape index (κ3) is 2.34. The highest BCUT2D eigenvalue weighted by atomic mass is 35.5. The molecular weight excluding hydrogens is 280 g/mol. The zero-order valence-electron chi connectivity index (χ0n) is 11.6. The van der Waals surface area contributed by atoms with Crippen LogP contribution >= 0.6 is 11.6 Å². The fraction of sp³-hybridized carbons (Fsp3) is 0.538. The van der Waals surface area contributed by atoms with Crippen molar-refractivity contribution in [3.8, 4) is 0 Å². The number of rotatable bonds is 3. The maximum atomic E-state index is 6.16. The maximum Gasteiger partial charge on any atom is 0.163 e. The van der Waals surface area contributed by atoms with Gasteiger partial charge in [-0.3, -0.25) is 0 Å². The molecule has 1 fully saturated rings. The van der Waals surface area contributed by atoms with Gasteiger partial charge in [0, 0.05) is 33.3 Å². The summed E-state index contributed by atoms with van der Waals surface area (Å²) in [6.45, 7) is 3.57. The zero-order chi connectivity index (χ0) is 14.1. The van der Waals surface area contributed by atoms with Gasteiger partial charge in [0.05, 0.1) is 18.9 Å². The number of nitrogens with zero attached hydrogens (tertiary/aromatic N) is 4. The second-order valence-corrected chi connectivity index (χ2v) is 5.14. The van der Waals surface area contributed by atoms with Crippen LogP contribution in [0.1, 0.15) is 5.82 Å². The molecular formula is C13H17ClN4O2. The van der Waals surface area contributed by atoms with Crippen molar-refractivity contribution in [2.45, 2.75) is 6.61 Å². The average Bonchev–Trinajstić information content (AvgIpc) is 2.77. The lowest BCUT2D eigenvalue weighted by atomic mass is 10.3. The first-order chi connectivity index (χ1) is 9.70. The Hall–Kier alpha value is -1.37. The van der Waals surface area contributed by atoms with Gasteiger partial charge in [-0.25, -0.2) is 9.97 Å². The number of ether oxygens (including phenoxy) is 2. The lowest BCUT2D eigenvalue weighted by molar-refractivity contribution is 0.123. The molecule has 0 atom stereocenters. The molecule has 0 radical (unpaired) electrons. The highest BCUT2D eigenvalue weighted by Crippen LogP contribution is 2.29. The van der Waals surface area contributed by atoms with E-state index in [4.69, 9.17) is 21.1 Å². The summed E-state index contributed by atoms with van der Waals surface area (Å²) in [5, 5.41) is 0.478. The van der Waals surface area contributed by atoms with Gasteiger partial charge in [0.25, 0.3) is 0 Å². The summed E-state index contributed by atoms with van der Waals surface area (Å²) >= 11 is 6.16. The van der Waals surface area contributed by atoms with E-state index in [0.29, 0.717) is 11.8 Å². The molecule has 0 saturated carbocycles. The Labute approximate surface area is 122 Å². The lowest BCUT2D eigenvalue weighted by Crippen LogP contribution is -2.36. The summed E-state index contributed by atoms with van der Waals surface area (Å²) in [4.78, 5) is 11.3. The van der Waals surface area contributed by atoms with Crippen molar-refractivity contribution < 1.29 is 9.47 Å². The summed E-state index contributed by atoms with van der Waals surface area (Å²) in [6.07, 6.45) is 0. The van der Waals surface area contributed by atoms with Crippen LogP contribution in [0.2, 0.25) is 5.15 Å². The number of anilines is 1. The molecule has 7 heteroatoms. The lowest BCUT2D eigenvalue weighted by Gasteiger charge is -2.28. The Morgan fingerprint density at radius 3 is 2.80 bits per heavy atom. The van der Waals surface area contributed by atoms with E-state index in [1.54, 1.807) is 7.11 Å². The van der Waals surface area contributed by atoms with Crippen LogP contribution in [0.3, 0.4) is 0 Å². The van der Waals surface area contributed by atoms with Gasteiger partial charge in [0.2, 0.25) is 0 Å². The smallest absolute Gasteiger partial charge is 0.163 e. The number of aromatic nitrogens is 3. The predicted molar refractivity (Wildman–Crippen MR) is 77.3 cm³/mol. The Morgan fingerprint density at radius 1 is 1.35 bits per heavy atom. The number of imidazole rings is 1. The van der Waals surface area contributed by atoms with Crippen LogP contribution in [-0.4, -0.2) is 47.9 Å². The van der Waals surface area contributed by atoms with Crippen molar-refractivity contribution in [3.05, 3.63) is 17.0 Å². The molecule has 0 aromatic carbocycles. The minimum Gasteiger partial charge on any atom is -0.378 e. The summed E-state index contributed by atoms with van der Waals surface area (Å²) in [6, 6.07) is 1.87. The third-order valence-electron chi connectivity index (χ3n) is 3.49. The van der Waals surface area contributed by atoms with E-state index < -0.39 is 0 Å². The molecule has 0 spiro atoms. The Kier molecular flexibility index (Phi) is 3.78. The molecule has 0 N–H and O–H groups in total. The van der Waals surface area contributed by atoms with Gasteiger partial charge in [0.15, 0.2) is 5.65 Å². The van der Waals surface area contributed by atoms with Crippen molar-refractivity contribution >= 4 is 28.5 Å². The van der Waals surface area contributed by atoms with Crippen molar-refractivity contribution in [2.75, 3.05) is 38.3 Å². The van der Waals surface area contributed by atoms with Gasteiger partial charge in [-0.05, 0) is 0 Å². The van der Waals surface area contributed by atoms with Gasteiger partial charge in [-0.15, -0.1) is 0 Å². The Morgan fingerprint density at radius 2 is 2.10 bits per heavy atom. The summed E-state index contributed by atoms with van der Waals surface area (Å²) < 4.78 is 12.5. The Bertz CT molecular complexity index is 622. The number of morpholine rings is 1. The molecule has 108 valence electrons. The van der Waals surface area contributed by atoms with Gasteiger partial charge in [-0.2, -0.15) is 0 Å². The number of halogens is 1. The molecule has 1 aliphatic rings. The highest BCUT2D eigenvalue weighted by molar-refractivity contribution is 6.30.